The zero-order valence-corrected chi connectivity index (χ0v) is 12.0. The van der Waals surface area contributed by atoms with Gasteiger partial charge in [0.1, 0.15) is 0 Å². The van der Waals surface area contributed by atoms with Gasteiger partial charge in [-0.1, -0.05) is 29.3 Å². The second kappa shape index (κ2) is 5.31. The Balaban J connectivity index is 1.69. The summed E-state index contributed by atoms with van der Waals surface area (Å²) < 4.78 is 0. The van der Waals surface area contributed by atoms with E-state index in [0.717, 1.165) is 31.7 Å². The summed E-state index contributed by atoms with van der Waals surface area (Å²) in [4.78, 5) is 14.3. The largest absolute Gasteiger partial charge is 0.342 e. The van der Waals surface area contributed by atoms with Crippen molar-refractivity contribution in [2.24, 2.45) is 11.8 Å². The molecule has 102 valence electrons. The number of likely N-dealkylation sites (tertiary alicyclic amines) is 1. The van der Waals surface area contributed by atoms with E-state index < -0.39 is 0 Å². The molecule has 0 aromatic heterocycles. The predicted octanol–water partition coefficient (Wildman–Crippen LogP) is 2.21. The molecule has 2 aliphatic rings. The third-order valence-corrected chi connectivity index (χ3v) is 4.84. The highest BCUT2D eigenvalue weighted by atomic mass is 35.5. The molecule has 3 rings (SSSR count). The van der Waals surface area contributed by atoms with Gasteiger partial charge in [-0.25, -0.2) is 0 Å². The van der Waals surface area contributed by atoms with Crippen LogP contribution in [0.1, 0.15) is 5.56 Å². The molecule has 5 heteroatoms. The molecular weight excluding hydrogens is 283 g/mol. The van der Waals surface area contributed by atoms with Crippen molar-refractivity contribution < 1.29 is 4.79 Å². The smallest absolute Gasteiger partial charge is 0.227 e. The minimum atomic E-state index is 0.129. The van der Waals surface area contributed by atoms with Gasteiger partial charge in [-0.15, -0.1) is 0 Å². The normalized spacial score (nSPS) is 25.7. The number of benzene rings is 1. The molecule has 1 N–H and O–H groups in total. The van der Waals surface area contributed by atoms with E-state index in [4.69, 9.17) is 23.2 Å². The lowest BCUT2D eigenvalue weighted by atomic mass is 10.0. The van der Waals surface area contributed by atoms with E-state index in [9.17, 15) is 4.79 Å². The van der Waals surface area contributed by atoms with Crippen molar-refractivity contribution >= 4 is 29.1 Å². The van der Waals surface area contributed by atoms with Crippen LogP contribution in [0.4, 0.5) is 0 Å². The Bertz CT molecular complexity index is 474. The van der Waals surface area contributed by atoms with E-state index >= 15 is 0 Å². The molecule has 2 atom stereocenters. The highest BCUT2D eigenvalue weighted by molar-refractivity contribution is 6.36. The number of amides is 1. The number of carbonyl (C=O) groups excluding carboxylic acids is 1. The Morgan fingerprint density at radius 3 is 2.37 bits per heavy atom. The van der Waals surface area contributed by atoms with Crippen molar-refractivity contribution in [3.05, 3.63) is 33.8 Å². The maximum atomic E-state index is 12.3. The van der Waals surface area contributed by atoms with Crippen molar-refractivity contribution in [2.75, 3.05) is 26.2 Å². The van der Waals surface area contributed by atoms with Gasteiger partial charge in [0.05, 0.1) is 6.42 Å². The molecule has 0 saturated carbocycles. The fourth-order valence-electron chi connectivity index (χ4n) is 3.02. The minimum absolute atomic E-state index is 0.129. The quantitative estimate of drug-likeness (QED) is 0.908. The second-order valence-corrected chi connectivity index (χ2v) is 6.17. The molecule has 0 aliphatic carbocycles. The summed E-state index contributed by atoms with van der Waals surface area (Å²) in [6.07, 6.45) is 0.297. The fraction of sp³-hybridized carbons (Fsp3) is 0.500. The van der Waals surface area contributed by atoms with Crippen LogP contribution in [0.15, 0.2) is 18.2 Å². The third-order valence-electron chi connectivity index (χ3n) is 4.13. The van der Waals surface area contributed by atoms with E-state index in [0.29, 0.717) is 28.3 Å². The molecule has 2 fully saturated rings. The molecule has 0 radical (unpaired) electrons. The number of hydrogen-bond donors (Lipinski definition) is 1. The average molecular weight is 299 g/mol. The zero-order chi connectivity index (χ0) is 13.4. The molecule has 3 nitrogen and oxygen atoms in total. The minimum Gasteiger partial charge on any atom is -0.342 e. The van der Waals surface area contributed by atoms with Crippen LogP contribution in [0, 0.1) is 11.8 Å². The van der Waals surface area contributed by atoms with Gasteiger partial charge >= 0.3 is 0 Å². The summed E-state index contributed by atoms with van der Waals surface area (Å²) in [5.74, 6) is 1.36. The molecule has 0 spiro atoms. The van der Waals surface area contributed by atoms with Gasteiger partial charge in [-0.2, -0.15) is 0 Å². The molecular formula is C14H16Cl2N2O. The summed E-state index contributed by atoms with van der Waals surface area (Å²) in [6.45, 7) is 3.78. The topological polar surface area (TPSA) is 32.3 Å². The van der Waals surface area contributed by atoms with Crippen molar-refractivity contribution in [2.45, 2.75) is 6.42 Å². The molecule has 19 heavy (non-hydrogen) atoms. The summed E-state index contributed by atoms with van der Waals surface area (Å²) in [5.41, 5.74) is 0.742. The Morgan fingerprint density at radius 1 is 1.21 bits per heavy atom. The Hall–Kier alpha value is -0.770. The SMILES string of the molecule is O=C(Cc1c(Cl)cccc1Cl)N1C[C@H]2CNC[C@H]2C1. The molecule has 1 aromatic rings. The van der Waals surface area contributed by atoms with Crippen molar-refractivity contribution in [1.29, 1.82) is 0 Å². The van der Waals surface area contributed by atoms with Crippen LogP contribution in [-0.2, 0) is 11.2 Å². The molecule has 1 amide bonds. The maximum Gasteiger partial charge on any atom is 0.227 e. The van der Waals surface area contributed by atoms with Crippen LogP contribution in [0.2, 0.25) is 10.0 Å². The van der Waals surface area contributed by atoms with Gasteiger partial charge in [-0.05, 0) is 29.5 Å². The fourth-order valence-corrected chi connectivity index (χ4v) is 3.55. The maximum absolute atomic E-state index is 12.3. The first kappa shape index (κ1) is 13.2. The van der Waals surface area contributed by atoms with Crippen LogP contribution >= 0.6 is 23.2 Å². The number of rotatable bonds is 2. The zero-order valence-electron chi connectivity index (χ0n) is 10.5. The van der Waals surface area contributed by atoms with Crippen molar-refractivity contribution in [3.8, 4) is 0 Å². The lowest BCUT2D eigenvalue weighted by Crippen LogP contribution is -2.33. The Kier molecular flexibility index (Phi) is 3.70. The molecule has 0 unspecified atom stereocenters. The molecule has 2 heterocycles. The van der Waals surface area contributed by atoms with Crippen LogP contribution in [0.5, 0.6) is 0 Å². The van der Waals surface area contributed by atoms with Crippen molar-refractivity contribution in [3.63, 3.8) is 0 Å². The Labute approximate surface area is 122 Å². The van der Waals surface area contributed by atoms with Crippen LogP contribution < -0.4 is 5.32 Å². The number of nitrogens with one attached hydrogen (secondary N) is 1. The highest BCUT2D eigenvalue weighted by Gasteiger charge is 2.37. The number of halogens is 2. The van der Waals surface area contributed by atoms with Crippen LogP contribution in [0.3, 0.4) is 0 Å². The van der Waals surface area contributed by atoms with E-state index in [2.05, 4.69) is 5.32 Å². The average Bonchev–Trinajstić information content (AvgIpc) is 2.94. The molecule has 2 saturated heterocycles. The second-order valence-electron chi connectivity index (χ2n) is 5.35. The van der Waals surface area contributed by atoms with E-state index in [1.54, 1.807) is 18.2 Å². The summed E-state index contributed by atoms with van der Waals surface area (Å²) >= 11 is 12.2. The lowest BCUT2D eigenvalue weighted by Gasteiger charge is -2.18. The highest BCUT2D eigenvalue weighted by Crippen LogP contribution is 2.29. The Morgan fingerprint density at radius 2 is 1.79 bits per heavy atom. The molecule has 2 aliphatic heterocycles. The number of carbonyl (C=O) groups is 1. The summed E-state index contributed by atoms with van der Waals surface area (Å²) in [7, 11) is 0. The number of hydrogen-bond acceptors (Lipinski definition) is 2. The first-order valence-corrected chi connectivity index (χ1v) is 7.32. The van der Waals surface area contributed by atoms with Gasteiger partial charge in [-0.3, -0.25) is 4.79 Å². The predicted molar refractivity (Wildman–Crippen MR) is 76.6 cm³/mol. The van der Waals surface area contributed by atoms with E-state index in [1.807, 2.05) is 4.90 Å². The van der Waals surface area contributed by atoms with E-state index in [1.165, 1.54) is 0 Å². The first-order chi connectivity index (χ1) is 9.15. The summed E-state index contributed by atoms with van der Waals surface area (Å²) in [5, 5.41) is 4.51. The van der Waals surface area contributed by atoms with Gasteiger partial charge < -0.3 is 10.2 Å². The monoisotopic (exact) mass is 298 g/mol. The van der Waals surface area contributed by atoms with E-state index in [-0.39, 0.29) is 5.91 Å². The van der Waals surface area contributed by atoms with Crippen LogP contribution in [-0.4, -0.2) is 37.0 Å². The number of fused-ring (bicyclic) bond motifs is 1. The standard InChI is InChI=1S/C14H16Cl2N2O/c15-12-2-1-3-13(16)11(12)4-14(19)18-7-9-5-17-6-10(9)8-18/h1-3,9-10,17H,4-8H2/t9-,10+. The van der Waals surface area contributed by atoms with Gasteiger partial charge in [0.2, 0.25) is 5.91 Å². The van der Waals surface area contributed by atoms with Gasteiger partial charge in [0.25, 0.3) is 0 Å². The number of nitrogens with zero attached hydrogens (tertiary/aromatic N) is 1. The van der Waals surface area contributed by atoms with Crippen LogP contribution in [0.25, 0.3) is 0 Å². The lowest BCUT2D eigenvalue weighted by molar-refractivity contribution is -0.129. The van der Waals surface area contributed by atoms with Gasteiger partial charge in [0, 0.05) is 36.2 Å². The third kappa shape index (κ3) is 2.60. The molecule has 0 bridgehead atoms. The molecule has 1 aromatic carbocycles. The van der Waals surface area contributed by atoms with Crippen molar-refractivity contribution in [1.82, 2.24) is 10.2 Å². The van der Waals surface area contributed by atoms with Gasteiger partial charge in [0.15, 0.2) is 0 Å². The summed E-state index contributed by atoms with van der Waals surface area (Å²) in [6, 6.07) is 5.35. The first-order valence-electron chi connectivity index (χ1n) is 6.56.